The molecule has 2 aromatic heterocycles. The standard InChI is InChI=1S/C19H14F3N3O3/c1-9-5-10(7-11(6-9)19(20,21)22)8-13-16-14(17(26)28-13)15(24-18(23)25-16)12-3-2-4-27-12/h2-7,13H,8H2,1H3,(H2,23,24,25). The second kappa shape index (κ2) is 6.36. The third kappa shape index (κ3) is 3.19. The normalized spacial score (nSPS) is 16.1. The number of alkyl halides is 3. The van der Waals surface area contributed by atoms with Crippen molar-refractivity contribution >= 4 is 11.9 Å². The lowest BCUT2D eigenvalue weighted by molar-refractivity contribution is -0.137. The Balaban J connectivity index is 1.74. The molecule has 144 valence electrons. The van der Waals surface area contributed by atoms with E-state index in [0.717, 1.165) is 12.1 Å². The Morgan fingerprint density at radius 3 is 2.68 bits per heavy atom. The second-order valence-electron chi connectivity index (χ2n) is 6.47. The number of hydrogen-bond acceptors (Lipinski definition) is 6. The molecule has 3 heterocycles. The Kier molecular flexibility index (Phi) is 4.10. The molecule has 0 saturated carbocycles. The van der Waals surface area contributed by atoms with Crippen LogP contribution in [0.1, 0.15) is 38.8 Å². The summed E-state index contributed by atoms with van der Waals surface area (Å²) in [7, 11) is 0. The molecule has 9 heteroatoms. The molecule has 4 rings (SSSR count). The number of carbonyl (C=O) groups is 1. The van der Waals surface area contributed by atoms with E-state index in [1.807, 2.05) is 0 Å². The summed E-state index contributed by atoms with van der Waals surface area (Å²) in [4.78, 5) is 20.6. The highest BCUT2D eigenvalue weighted by Gasteiger charge is 2.38. The van der Waals surface area contributed by atoms with E-state index >= 15 is 0 Å². The Morgan fingerprint density at radius 1 is 1.21 bits per heavy atom. The quantitative estimate of drug-likeness (QED) is 0.678. The number of benzene rings is 1. The van der Waals surface area contributed by atoms with Crippen LogP contribution < -0.4 is 5.73 Å². The molecule has 0 fully saturated rings. The molecule has 0 radical (unpaired) electrons. The monoisotopic (exact) mass is 389 g/mol. The smallest absolute Gasteiger partial charge is 0.416 e. The van der Waals surface area contributed by atoms with Crippen LogP contribution >= 0.6 is 0 Å². The molecule has 1 aliphatic heterocycles. The fraction of sp³-hybridized carbons (Fsp3) is 0.211. The van der Waals surface area contributed by atoms with Gasteiger partial charge in [0.15, 0.2) is 5.76 Å². The van der Waals surface area contributed by atoms with E-state index in [-0.39, 0.29) is 29.3 Å². The fourth-order valence-electron chi connectivity index (χ4n) is 3.26. The zero-order valence-corrected chi connectivity index (χ0v) is 14.6. The van der Waals surface area contributed by atoms with Crippen LogP contribution in [0.15, 0.2) is 41.0 Å². The Labute approximate surface area is 157 Å². The van der Waals surface area contributed by atoms with Crippen molar-refractivity contribution in [2.75, 3.05) is 5.73 Å². The van der Waals surface area contributed by atoms with Gasteiger partial charge in [-0.05, 0) is 36.8 Å². The third-order valence-corrected chi connectivity index (χ3v) is 4.35. The summed E-state index contributed by atoms with van der Waals surface area (Å²) < 4.78 is 49.9. The predicted molar refractivity (Wildman–Crippen MR) is 92.2 cm³/mol. The topological polar surface area (TPSA) is 91.2 Å². The largest absolute Gasteiger partial charge is 0.463 e. The predicted octanol–water partition coefficient (Wildman–Crippen LogP) is 4.10. The summed E-state index contributed by atoms with van der Waals surface area (Å²) in [5, 5.41) is 0. The maximum Gasteiger partial charge on any atom is 0.416 e. The van der Waals surface area contributed by atoms with Crippen LogP contribution in [0.3, 0.4) is 0 Å². The number of cyclic esters (lactones) is 1. The van der Waals surface area contributed by atoms with Crippen LogP contribution in [0.5, 0.6) is 0 Å². The molecule has 3 aromatic rings. The first-order valence-electron chi connectivity index (χ1n) is 8.32. The molecular formula is C19H14F3N3O3. The first kappa shape index (κ1) is 18.0. The van der Waals surface area contributed by atoms with E-state index in [1.54, 1.807) is 25.1 Å². The van der Waals surface area contributed by atoms with Gasteiger partial charge in [0.2, 0.25) is 5.95 Å². The highest BCUT2D eigenvalue weighted by Crippen LogP contribution is 2.38. The van der Waals surface area contributed by atoms with Gasteiger partial charge in [0.25, 0.3) is 0 Å². The van der Waals surface area contributed by atoms with Gasteiger partial charge >= 0.3 is 12.1 Å². The number of fused-ring (bicyclic) bond motifs is 1. The van der Waals surface area contributed by atoms with Gasteiger partial charge in [-0.25, -0.2) is 14.8 Å². The van der Waals surface area contributed by atoms with Gasteiger partial charge in [0.1, 0.15) is 23.1 Å². The van der Waals surface area contributed by atoms with E-state index in [1.165, 1.54) is 6.26 Å². The van der Waals surface area contributed by atoms with Crippen molar-refractivity contribution in [1.29, 1.82) is 0 Å². The van der Waals surface area contributed by atoms with Gasteiger partial charge in [-0.15, -0.1) is 0 Å². The Morgan fingerprint density at radius 2 is 2.00 bits per heavy atom. The molecule has 2 N–H and O–H groups in total. The Hall–Kier alpha value is -3.36. The van der Waals surface area contributed by atoms with E-state index in [2.05, 4.69) is 9.97 Å². The number of carbonyl (C=O) groups excluding carboxylic acids is 1. The highest BCUT2D eigenvalue weighted by atomic mass is 19.4. The van der Waals surface area contributed by atoms with Gasteiger partial charge in [-0.1, -0.05) is 11.6 Å². The summed E-state index contributed by atoms with van der Waals surface area (Å²) in [6.45, 7) is 1.57. The average Bonchev–Trinajstić information content (AvgIpc) is 3.22. The summed E-state index contributed by atoms with van der Waals surface area (Å²) in [6, 6.07) is 6.95. The zero-order valence-electron chi connectivity index (χ0n) is 14.6. The number of halogens is 3. The first-order chi connectivity index (χ1) is 13.2. The van der Waals surface area contributed by atoms with Gasteiger partial charge in [-0.2, -0.15) is 13.2 Å². The van der Waals surface area contributed by atoms with Crippen LogP contribution in [0.25, 0.3) is 11.5 Å². The molecule has 1 aliphatic rings. The van der Waals surface area contributed by atoms with Crippen molar-refractivity contribution in [2.24, 2.45) is 0 Å². The molecule has 1 atom stereocenters. The maximum atomic E-state index is 13.1. The number of rotatable bonds is 3. The fourth-order valence-corrected chi connectivity index (χ4v) is 3.26. The summed E-state index contributed by atoms with van der Waals surface area (Å²) in [5.41, 5.74) is 6.37. The maximum absolute atomic E-state index is 13.1. The number of nitrogens with zero attached hydrogens (tertiary/aromatic N) is 2. The Bertz CT molecular complexity index is 1060. The van der Waals surface area contributed by atoms with Crippen LogP contribution in [-0.4, -0.2) is 15.9 Å². The molecule has 6 nitrogen and oxygen atoms in total. The summed E-state index contributed by atoms with van der Waals surface area (Å²) in [6.07, 6.45) is -3.89. The van der Waals surface area contributed by atoms with Crippen LogP contribution in [-0.2, 0) is 17.3 Å². The lowest BCUT2D eigenvalue weighted by atomic mass is 9.99. The van der Waals surface area contributed by atoms with Gasteiger partial charge in [0, 0.05) is 6.42 Å². The summed E-state index contributed by atoms with van der Waals surface area (Å²) >= 11 is 0. The lowest BCUT2D eigenvalue weighted by Crippen LogP contribution is -2.09. The van der Waals surface area contributed by atoms with E-state index in [4.69, 9.17) is 14.9 Å². The number of esters is 1. The van der Waals surface area contributed by atoms with Crippen molar-refractivity contribution < 1.29 is 27.1 Å². The van der Waals surface area contributed by atoms with Crippen LogP contribution in [0.2, 0.25) is 0 Å². The number of anilines is 1. The second-order valence-corrected chi connectivity index (χ2v) is 6.47. The molecule has 28 heavy (non-hydrogen) atoms. The number of aromatic nitrogens is 2. The van der Waals surface area contributed by atoms with Crippen molar-refractivity contribution in [2.45, 2.75) is 25.6 Å². The van der Waals surface area contributed by atoms with Gasteiger partial charge < -0.3 is 14.9 Å². The minimum Gasteiger partial charge on any atom is -0.463 e. The molecule has 1 unspecified atom stereocenters. The minimum atomic E-state index is -4.47. The number of nitrogens with two attached hydrogens (primary N) is 1. The van der Waals surface area contributed by atoms with Crippen molar-refractivity contribution in [1.82, 2.24) is 9.97 Å². The summed E-state index contributed by atoms with van der Waals surface area (Å²) in [5.74, 6) is -0.443. The molecule has 1 aromatic carbocycles. The molecule has 0 saturated heterocycles. The van der Waals surface area contributed by atoms with Gasteiger partial charge in [-0.3, -0.25) is 0 Å². The third-order valence-electron chi connectivity index (χ3n) is 4.35. The molecular weight excluding hydrogens is 375 g/mol. The van der Waals surface area contributed by atoms with Crippen molar-refractivity contribution in [3.63, 3.8) is 0 Å². The highest BCUT2D eigenvalue weighted by molar-refractivity contribution is 5.99. The minimum absolute atomic E-state index is 0.0253. The lowest BCUT2D eigenvalue weighted by Gasteiger charge is -2.14. The first-order valence-corrected chi connectivity index (χ1v) is 8.32. The SMILES string of the molecule is Cc1cc(CC2OC(=O)c3c(-c4ccco4)nc(N)nc32)cc(C(F)(F)F)c1. The number of furan rings is 1. The van der Waals surface area contributed by atoms with Crippen LogP contribution in [0.4, 0.5) is 19.1 Å². The van der Waals surface area contributed by atoms with Crippen molar-refractivity contribution in [3.8, 4) is 11.5 Å². The van der Waals surface area contributed by atoms with E-state index in [9.17, 15) is 18.0 Å². The molecule has 0 bridgehead atoms. The molecule has 0 amide bonds. The average molecular weight is 389 g/mol. The number of ether oxygens (including phenoxy) is 1. The number of nitrogen functional groups attached to an aromatic ring is 1. The van der Waals surface area contributed by atoms with Crippen molar-refractivity contribution in [3.05, 3.63) is 64.5 Å². The zero-order chi connectivity index (χ0) is 20.1. The van der Waals surface area contributed by atoms with Crippen LogP contribution in [0, 0.1) is 6.92 Å². The number of hydrogen-bond donors (Lipinski definition) is 1. The van der Waals surface area contributed by atoms with E-state index in [0.29, 0.717) is 16.9 Å². The number of aryl methyl sites for hydroxylation is 1. The molecule has 0 aliphatic carbocycles. The van der Waals surface area contributed by atoms with Gasteiger partial charge in [0.05, 0.1) is 11.8 Å². The molecule has 0 spiro atoms. The van der Waals surface area contributed by atoms with E-state index < -0.39 is 23.8 Å².